The molecular weight excluding hydrogens is 316 g/mol. The molecule has 0 unspecified atom stereocenters. The van der Waals surface area contributed by atoms with Gasteiger partial charge in [0.2, 0.25) is 0 Å². The van der Waals surface area contributed by atoms with E-state index in [-0.39, 0.29) is 0 Å². The number of allylic oxidation sites excluding steroid dienone is 2. The van der Waals surface area contributed by atoms with Crippen molar-refractivity contribution in [3.8, 4) is 0 Å². The largest absolute Gasteiger partial charge is 0.224 e. The van der Waals surface area contributed by atoms with E-state index in [1.807, 2.05) is 12.1 Å². The average Bonchev–Trinajstić information content (AvgIpc) is 2.97. The predicted octanol–water partition coefficient (Wildman–Crippen LogP) is 4.83. The second-order valence-electron chi connectivity index (χ2n) is 6.60. The maximum absolute atomic E-state index is 11.6. The Labute approximate surface area is 138 Å². The van der Waals surface area contributed by atoms with Gasteiger partial charge in [-0.3, -0.25) is 0 Å². The maximum Gasteiger partial charge on any atom is 0.175 e. The average molecular weight is 339 g/mol. The molecular formula is C18H23ClO2S. The highest BCUT2D eigenvalue weighted by Gasteiger charge is 2.27. The standard InChI is InChI=1S/C18H23ClO2S/c1-22(20,21)16-11-7-14(8-12-16)18-4-2-3-17(18)13-5-9-15(19)10-6-13/h7-8,11-13,15H,2-6,9-10H2,1H3. The summed E-state index contributed by atoms with van der Waals surface area (Å²) in [5.74, 6) is 0.682. The lowest BCUT2D eigenvalue weighted by molar-refractivity contribution is 0.403. The third kappa shape index (κ3) is 3.41. The SMILES string of the molecule is CS(=O)(=O)c1ccc(C2=C(C3CCC(Cl)CC3)CCC2)cc1. The molecule has 1 aromatic carbocycles. The second kappa shape index (κ2) is 6.37. The van der Waals surface area contributed by atoms with E-state index in [4.69, 9.17) is 11.6 Å². The van der Waals surface area contributed by atoms with Crippen LogP contribution in [0.5, 0.6) is 0 Å². The van der Waals surface area contributed by atoms with Crippen molar-refractivity contribution in [2.75, 3.05) is 6.26 Å². The van der Waals surface area contributed by atoms with E-state index in [1.54, 1.807) is 17.7 Å². The zero-order chi connectivity index (χ0) is 15.7. The Morgan fingerprint density at radius 2 is 1.64 bits per heavy atom. The minimum atomic E-state index is -3.11. The molecule has 4 heteroatoms. The minimum absolute atomic E-state index is 0.357. The van der Waals surface area contributed by atoms with Gasteiger partial charge >= 0.3 is 0 Å². The van der Waals surface area contributed by atoms with Crippen molar-refractivity contribution in [3.63, 3.8) is 0 Å². The number of halogens is 1. The summed E-state index contributed by atoms with van der Waals surface area (Å²) < 4.78 is 23.2. The number of hydrogen-bond acceptors (Lipinski definition) is 2. The molecule has 3 rings (SSSR count). The van der Waals surface area contributed by atoms with E-state index in [0.717, 1.165) is 19.3 Å². The molecule has 2 aliphatic rings. The van der Waals surface area contributed by atoms with Gasteiger partial charge in [-0.25, -0.2) is 8.42 Å². The van der Waals surface area contributed by atoms with Crippen LogP contribution in [0.25, 0.3) is 5.57 Å². The highest BCUT2D eigenvalue weighted by molar-refractivity contribution is 7.90. The van der Waals surface area contributed by atoms with Gasteiger partial charge in [0.25, 0.3) is 0 Å². The van der Waals surface area contributed by atoms with Crippen molar-refractivity contribution in [2.45, 2.75) is 55.2 Å². The van der Waals surface area contributed by atoms with E-state index in [1.165, 1.54) is 43.1 Å². The molecule has 0 atom stereocenters. The molecule has 1 aromatic rings. The Hall–Kier alpha value is -0.800. The number of benzene rings is 1. The van der Waals surface area contributed by atoms with Crippen LogP contribution in [0.2, 0.25) is 0 Å². The third-order valence-corrected chi connectivity index (χ3v) is 6.61. The lowest BCUT2D eigenvalue weighted by Crippen LogP contribution is -2.16. The Bertz CT molecular complexity index is 666. The number of alkyl halides is 1. The molecule has 0 aliphatic heterocycles. The van der Waals surface area contributed by atoms with Crippen LogP contribution in [-0.4, -0.2) is 20.1 Å². The van der Waals surface area contributed by atoms with Gasteiger partial charge in [-0.15, -0.1) is 11.6 Å². The molecule has 0 spiro atoms. The van der Waals surface area contributed by atoms with Crippen molar-refractivity contribution in [1.29, 1.82) is 0 Å². The van der Waals surface area contributed by atoms with E-state index in [9.17, 15) is 8.42 Å². The zero-order valence-corrected chi connectivity index (χ0v) is 14.6. The predicted molar refractivity (Wildman–Crippen MR) is 91.9 cm³/mol. The molecule has 0 bridgehead atoms. The fourth-order valence-corrected chi connectivity index (χ4v) is 4.73. The molecule has 0 aromatic heterocycles. The molecule has 0 heterocycles. The fraction of sp³-hybridized carbons (Fsp3) is 0.556. The van der Waals surface area contributed by atoms with E-state index < -0.39 is 9.84 Å². The van der Waals surface area contributed by atoms with Crippen LogP contribution in [0, 0.1) is 5.92 Å². The van der Waals surface area contributed by atoms with Crippen LogP contribution < -0.4 is 0 Å². The van der Waals surface area contributed by atoms with Crippen LogP contribution in [0.3, 0.4) is 0 Å². The molecule has 1 fully saturated rings. The molecule has 0 N–H and O–H groups in total. The third-order valence-electron chi connectivity index (χ3n) is 5.04. The Morgan fingerprint density at radius 3 is 2.23 bits per heavy atom. The van der Waals surface area contributed by atoms with Crippen LogP contribution in [-0.2, 0) is 9.84 Å². The molecule has 0 radical (unpaired) electrons. The van der Waals surface area contributed by atoms with Crippen LogP contribution in [0.15, 0.2) is 34.7 Å². The first-order valence-corrected chi connectivity index (χ1v) is 10.4. The number of hydrogen-bond donors (Lipinski definition) is 0. The quantitative estimate of drug-likeness (QED) is 0.740. The van der Waals surface area contributed by atoms with Crippen LogP contribution >= 0.6 is 11.6 Å². The van der Waals surface area contributed by atoms with Crippen molar-refractivity contribution in [1.82, 2.24) is 0 Å². The monoisotopic (exact) mass is 338 g/mol. The summed E-state index contributed by atoms with van der Waals surface area (Å²) in [6.07, 6.45) is 9.44. The summed E-state index contributed by atoms with van der Waals surface area (Å²) in [7, 11) is -3.11. The second-order valence-corrected chi connectivity index (χ2v) is 9.24. The number of rotatable bonds is 3. The molecule has 2 aliphatic carbocycles. The van der Waals surface area contributed by atoms with Gasteiger partial charge in [0.1, 0.15) is 0 Å². The van der Waals surface area contributed by atoms with Crippen molar-refractivity contribution in [3.05, 3.63) is 35.4 Å². The Morgan fingerprint density at radius 1 is 1.00 bits per heavy atom. The molecule has 120 valence electrons. The van der Waals surface area contributed by atoms with Gasteiger partial charge in [0.15, 0.2) is 9.84 Å². The summed E-state index contributed by atoms with van der Waals surface area (Å²) in [5.41, 5.74) is 4.27. The molecule has 22 heavy (non-hydrogen) atoms. The van der Waals surface area contributed by atoms with E-state index in [2.05, 4.69) is 0 Å². The summed E-state index contributed by atoms with van der Waals surface area (Å²) in [4.78, 5) is 0.402. The van der Waals surface area contributed by atoms with E-state index >= 15 is 0 Å². The zero-order valence-electron chi connectivity index (χ0n) is 13.0. The minimum Gasteiger partial charge on any atom is -0.224 e. The van der Waals surface area contributed by atoms with Crippen LogP contribution in [0.4, 0.5) is 0 Å². The normalized spacial score (nSPS) is 26.5. The summed E-state index contributed by atoms with van der Waals surface area (Å²) in [5, 5.41) is 0.357. The first kappa shape index (κ1) is 16.1. The fourth-order valence-electron chi connectivity index (χ4n) is 3.85. The lowest BCUT2D eigenvalue weighted by Gasteiger charge is -2.27. The highest BCUT2D eigenvalue weighted by atomic mass is 35.5. The van der Waals surface area contributed by atoms with Crippen LogP contribution in [0.1, 0.15) is 50.5 Å². The van der Waals surface area contributed by atoms with Gasteiger partial charge in [0.05, 0.1) is 4.90 Å². The van der Waals surface area contributed by atoms with Gasteiger partial charge < -0.3 is 0 Å². The Kier molecular flexibility index (Phi) is 4.65. The van der Waals surface area contributed by atoms with Gasteiger partial charge in [-0.1, -0.05) is 17.7 Å². The molecule has 0 saturated heterocycles. The lowest BCUT2D eigenvalue weighted by atomic mass is 9.81. The van der Waals surface area contributed by atoms with Gasteiger partial charge in [-0.2, -0.15) is 0 Å². The molecule has 0 amide bonds. The first-order valence-electron chi connectivity index (χ1n) is 8.11. The van der Waals surface area contributed by atoms with Gasteiger partial charge in [-0.05, 0) is 74.1 Å². The summed E-state index contributed by atoms with van der Waals surface area (Å²) in [6.45, 7) is 0. The molecule has 1 saturated carbocycles. The molecule has 2 nitrogen and oxygen atoms in total. The van der Waals surface area contributed by atoms with Gasteiger partial charge in [0, 0.05) is 11.6 Å². The smallest absolute Gasteiger partial charge is 0.175 e. The maximum atomic E-state index is 11.6. The van der Waals surface area contributed by atoms with E-state index in [0.29, 0.717) is 16.2 Å². The first-order chi connectivity index (χ1) is 10.4. The topological polar surface area (TPSA) is 34.1 Å². The Balaban J connectivity index is 1.87. The number of sulfone groups is 1. The summed E-state index contributed by atoms with van der Waals surface area (Å²) in [6, 6.07) is 7.43. The summed E-state index contributed by atoms with van der Waals surface area (Å²) >= 11 is 6.23. The van der Waals surface area contributed by atoms with Crippen molar-refractivity contribution >= 4 is 27.0 Å². The highest BCUT2D eigenvalue weighted by Crippen LogP contribution is 2.43. The van der Waals surface area contributed by atoms with Crippen molar-refractivity contribution < 1.29 is 8.42 Å². The van der Waals surface area contributed by atoms with Crippen molar-refractivity contribution in [2.24, 2.45) is 5.92 Å².